The van der Waals surface area contributed by atoms with E-state index in [9.17, 15) is 4.39 Å². The van der Waals surface area contributed by atoms with E-state index in [1.807, 2.05) is 36.4 Å². The van der Waals surface area contributed by atoms with Gasteiger partial charge in [0.2, 0.25) is 11.8 Å². The maximum absolute atomic E-state index is 13.3. The SMILES string of the molecule is COc1ccccc1Oc1nc(N2CCCCC2)nc2c1CN(Cc1ccc(F)cc1)CC2. The van der Waals surface area contributed by atoms with Crippen molar-refractivity contribution in [2.45, 2.75) is 38.8 Å². The van der Waals surface area contributed by atoms with Crippen LogP contribution < -0.4 is 14.4 Å². The van der Waals surface area contributed by atoms with Gasteiger partial charge in [0.05, 0.1) is 18.4 Å². The van der Waals surface area contributed by atoms with Crippen molar-refractivity contribution in [3.8, 4) is 17.4 Å². The van der Waals surface area contributed by atoms with E-state index in [0.29, 0.717) is 23.9 Å². The van der Waals surface area contributed by atoms with Crippen molar-refractivity contribution in [2.24, 2.45) is 0 Å². The molecule has 0 N–H and O–H groups in total. The van der Waals surface area contributed by atoms with Crippen molar-refractivity contribution in [3.05, 3.63) is 71.2 Å². The Bertz CT molecular complexity index is 1100. The second-order valence-electron chi connectivity index (χ2n) is 8.64. The number of methoxy groups -OCH3 is 1. The Morgan fingerprint density at radius 3 is 2.42 bits per heavy atom. The molecule has 2 aliphatic rings. The lowest BCUT2D eigenvalue weighted by Crippen LogP contribution is -2.34. The Kier molecular flexibility index (Phi) is 6.39. The highest BCUT2D eigenvalue weighted by atomic mass is 19.1. The number of nitrogens with zero attached hydrogens (tertiary/aromatic N) is 4. The lowest BCUT2D eigenvalue weighted by Gasteiger charge is -2.32. The lowest BCUT2D eigenvalue weighted by atomic mass is 10.1. The summed E-state index contributed by atoms with van der Waals surface area (Å²) < 4.78 is 25.2. The predicted molar refractivity (Wildman–Crippen MR) is 125 cm³/mol. The van der Waals surface area contributed by atoms with Crippen molar-refractivity contribution < 1.29 is 13.9 Å². The van der Waals surface area contributed by atoms with Gasteiger partial charge in [-0.15, -0.1) is 0 Å². The Hall–Kier alpha value is -3.19. The molecule has 0 bridgehead atoms. The van der Waals surface area contributed by atoms with Crippen LogP contribution in [0.3, 0.4) is 0 Å². The Labute approximate surface area is 194 Å². The quantitative estimate of drug-likeness (QED) is 0.531. The van der Waals surface area contributed by atoms with Gasteiger partial charge in [0.15, 0.2) is 11.5 Å². The van der Waals surface area contributed by atoms with Gasteiger partial charge in [0.1, 0.15) is 5.82 Å². The summed E-state index contributed by atoms with van der Waals surface area (Å²) in [6.45, 7) is 4.25. The van der Waals surface area contributed by atoms with Gasteiger partial charge in [-0.25, -0.2) is 9.37 Å². The number of hydrogen-bond donors (Lipinski definition) is 0. The smallest absolute Gasteiger partial charge is 0.229 e. The highest BCUT2D eigenvalue weighted by molar-refractivity contribution is 5.47. The van der Waals surface area contributed by atoms with E-state index >= 15 is 0 Å². The van der Waals surface area contributed by atoms with E-state index in [4.69, 9.17) is 19.4 Å². The fourth-order valence-electron chi connectivity index (χ4n) is 4.54. The highest BCUT2D eigenvalue weighted by Crippen LogP contribution is 2.36. The van der Waals surface area contributed by atoms with Crippen LogP contribution in [0.25, 0.3) is 0 Å². The fraction of sp³-hybridized carbons (Fsp3) is 0.385. The number of para-hydroxylation sites is 2. The van der Waals surface area contributed by atoms with E-state index < -0.39 is 0 Å². The number of piperidine rings is 1. The van der Waals surface area contributed by atoms with Crippen LogP contribution in [0.4, 0.5) is 10.3 Å². The molecule has 7 heteroatoms. The normalized spacial score (nSPS) is 16.4. The molecule has 2 aromatic carbocycles. The van der Waals surface area contributed by atoms with Gasteiger partial charge < -0.3 is 14.4 Å². The summed E-state index contributed by atoms with van der Waals surface area (Å²) >= 11 is 0. The standard InChI is InChI=1S/C26H29FN4O2/c1-32-23-7-3-4-8-24(23)33-25-21-18-30(17-19-9-11-20(27)12-10-19)16-13-22(21)28-26(29-25)31-14-5-2-6-15-31/h3-4,7-12H,2,5-6,13-18H2,1H3. The Morgan fingerprint density at radius 2 is 1.67 bits per heavy atom. The Balaban J connectivity index is 1.46. The maximum atomic E-state index is 13.3. The van der Waals surface area contributed by atoms with Gasteiger partial charge in [0, 0.05) is 39.1 Å². The van der Waals surface area contributed by atoms with Gasteiger partial charge in [-0.1, -0.05) is 24.3 Å². The van der Waals surface area contributed by atoms with Crippen molar-refractivity contribution in [1.29, 1.82) is 0 Å². The first-order chi connectivity index (χ1) is 16.2. The van der Waals surface area contributed by atoms with Crippen LogP contribution in [-0.4, -0.2) is 41.6 Å². The van der Waals surface area contributed by atoms with E-state index in [0.717, 1.165) is 68.2 Å². The van der Waals surface area contributed by atoms with Crippen LogP contribution in [0.15, 0.2) is 48.5 Å². The summed E-state index contributed by atoms with van der Waals surface area (Å²) in [4.78, 5) is 14.5. The van der Waals surface area contributed by atoms with Gasteiger partial charge in [-0.2, -0.15) is 4.98 Å². The molecular weight excluding hydrogens is 419 g/mol. The number of fused-ring (bicyclic) bond motifs is 1. The maximum Gasteiger partial charge on any atom is 0.229 e. The first kappa shape index (κ1) is 21.6. The number of halogens is 1. The van der Waals surface area contributed by atoms with Crippen LogP contribution in [0, 0.1) is 5.82 Å². The number of benzene rings is 2. The van der Waals surface area contributed by atoms with Crippen molar-refractivity contribution in [1.82, 2.24) is 14.9 Å². The zero-order chi connectivity index (χ0) is 22.6. The number of hydrogen-bond acceptors (Lipinski definition) is 6. The van der Waals surface area contributed by atoms with E-state index in [1.165, 1.54) is 18.6 Å². The molecule has 0 radical (unpaired) electrons. The van der Waals surface area contributed by atoms with Crippen molar-refractivity contribution in [3.63, 3.8) is 0 Å². The molecule has 0 atom stereocenters. The third-order valence-corrected chi connectivity index (χ3v) is 6.32. The van der Waals surface area contributed by atoms with Crippen molar-refractivity contribution in [2.75, 3.05) is 31.6 Å². The zero-order valence-electron chi connectivity index (χ0n) is 19.0. The molecule has 0 saturated carbocycles. The molecular formula is C26H29FN4O2. The van der Waals surface area contributed by atoms with Gasteiger partial charge in [-0.3, -0.25) is 4.90 Å². The van der Waals surface area contributed by atoms with Gasteiger partial charge >= 0.3 is 0 Å². The molecule has 0 spiro atoms. The number of rotatable bonds is 6. The first-order valence-electron chi connectivity index (χ1n) is 11.6. The third-order valence-electron chi connectivity index (χ3n) is 6.32. The third kappa shape index (κ3) is 4.93. The molecule has 1 aromatic heterocycles. The topological polar surface area (TPSA) is 50.7 Å². The molecule has 33 heavy (non-hydrogen) atoms. The molecule has 3 heterocycles. The van der Waals surface area contributed by atoms with Gasteiger partial charge in [-0.05, 0) is 49.1 Å². The molecule has 2 aliphatic heterocycles. The zero-order valence-corrected chi connectivity index (χ0v) is 19.0. The second kappa shape index (κ2) is 9.75. The minimum absolute atomic E-state index is 0.214. The molecule has 5 rings (SSSR count). The minimum atomic E-state index is -0.214. The molecule has 172 valence electrons. The monoisotopic (exact) mass is 448 g/mol. The van der Waals surface area contributed by atoms with Crippen LogP contribution in [0.5, 0.6) is 17.4 Å². The minimum Gasteiger partial charge on any atom is -0.493 e. The van der Waals surface area contributed by atoms with Crippen LogP contribution >= 0.6 is 0 Å². The summed E-state index contributed by atoms with van der Waals surface area (Å²) in [7, 11) is 1.64. The summed E-state index contributed by atoms with van der Waals surface area (Å²) in [6.07, 6.45) is 4.40. The summed E-state index contributed by atoms with van der Waals surface area (Å²) in [5.41, 5.74) is 3.14. The first-order valence-corrected chi connectivity index (χ1v) is 11.6. The van der Waals surface area contributed by atoms with Crippen LogP contribution in [-0.2, 0) is 19.5 Å². The summed E-state index contributed by atoms with van der Waals surface area (Å²) in [5.74, 6) is 2.44. The molecule has 0 amide bonds. The summed E-state index contributed by atoms with van der Waals surface area (Å²) in [5, 5.41) is 0. The predicted octanol–water partition coefficient (Wildman–Crippen LogP) is 4.97. The van der Waals surface area contributed by atoms with E-state index in [2.05, 4.69) is 9.80 Å². The Morgan fingerprint density at radius 1 is 0.909 bits per heavy atom. The number of anilines is 1. The second-order valence-corrected chi connectivity index (χ2v) is 8.64. The van der Waals surface area contributed by atoms with Crippen LogP contribution in [0.2, 0.25) is 0 Å². The fourth-order valence-corrected chi connectivity index (χ4v) is 4.54. The molecule has 1 saturated heterocycles. The van der Waals surface area contributed by atoms with Crippen molar-refractivity contribution >= 4 is 5.95 Å². The highest BCUT2D eigenvalue weighted by Gasteiger charge is 2.26. The van der Waals surface area contributed by atoms with Crippen LogP contribution in [0.1, 0.15) is 36.1 Å². The molecule has 0 unspecified atom stereocenters. The number of aromatic nitrogens is 2. The lowest BCUT2D eigenvalue weighted by molar-refractivity contribution is 0.237. The largest absolute Gasteiger partial charge is 0.493 e. The molecule has 3 aromatic rings. The molecule has 0 aliphatic carbocycles. The molecule has 6 nitrogen and oxygen atoms in total. The average molecular weight is 449 g/mol. The average Bonchev–Trinajstić information content (AvgIpc) is 2.86. The van der Waals surface area contributed by atoms with Gasteiger partial charge in [0.25, 0.3) is 0 Å². The summed E-state index contributed by atoms with van der Waals surface area (Å²) in [6, 6.07) is 14.3. The number of ether oxygens (including phenoxy) is 2. The molecule has 1 fully saturated rings. The van der Waals surface area contributed by atoms with E-state index in [1.54, 1.807) is 7.11 Å². The van der Waals surface area contributed by atoms with E-state index in [-0.39, 0.29) is 5.82 Å².